The van der Waals surface area contributed by atoms with Crippen LogP contribution in [0.15, 0.2) is 97.1 Å². The summed E-state index contributed by atoms with van der Waals surface area (Å²) in [6, 6.07) is 35.0. The van der Waals surface area contributed by atoms with Gasteiger partial charge in [0.2, 0.25) is 0 Å². The molecule has 0 aliphatic carbocycles. The fraction of sp³-hybridized carbons (Fsp3) is 0.435. The smallest absolute Gasteiger partial charge is 0.387 e. The minimum Gasteiger partial charge on any atom is -0.387 e. The summed E-state index contributed by atoms with van der Waals surface area (Å²) in [5.41, 5.74) is 9.41. The molecule has 5 heteroatoms. The second kappa shape index (κ2) is 13.3. The van der Waals surface area contributed by atoms with Crippen LogP contribution >= 0.6 is 0 Å². The van der Waals surface area contributed by atoms with Gasteiger partial charge in [0.15, 0.2) is 0 Å². The predicted octanol–water partition coefficient (Wildman–Crippen LogP) is 11.8. The molecule has 0 fully saturated rings. The van der Waals surface area contributed by atoms with E-state index in [0.29, 0.717) is 12.8 Å². The Morgan fingerprint density at radius 2 is 0.667 bits per heavy atom. The van der Waals surface area contributed by atoms with E-state index in [9.17, 15) is 0 Å². The third-order valence-corrected chi connectivity index (χ3v) is 10.4. The average molecular weight is 686 g/mol. The van der Waals surface area contributed by atoms with Gasteiger partial charge in [0.05, 0.1) is 36.2 Å². The van der Waals surface area contributed by atoms with E-state index < -0.39 is 6.96 Å². The predicted molar refractivity (Wildman–Crippen MR) is 212 cm³/mol. The van der Waals surface area contributed by atoms with Gasteiger partial charge < -0.3 is 18.0 Å². The van der Waals surface area contributed by atoms with Crippen molar-refractivity contribution in [1.29, 1.82) is 0 Å². The summed E-state index contributed by atoms with van der Waals surface area (Å²) in [5, 5.41) is 0. The molecule has 2 heterocycles. The molecule has 1 spiro atoms. The summed E-state index contributed by atoms with van der Waals surface area (Å²) in [6.07, 6.45) is 0.439. The molecule has 0 bridgehead atoms. The monoisotopic (exact) mass is 685 g/mol. The van der Waals surface area contributed by atoms with Gasteiger partial charge >= 0.3 is 6.96 Å². The average Bonchev–Trinajstić information content (AvgIpc) is 3.06. The fourth-order valence-electron chi connectivity index (χ4n) is 6.92. The molecule has 0 amide bonds. The molecule has 2 aliphatic heterocycles. The van der Waals surface area contributed by atoms with Crippen LogP contribution in [0.25, 0.3) is 0 Å². The molecular formula is C46H58BO4+. The first-order valence-corrected chi connectivity index (χ1v) is 18.7. The highest BCUT2D eigenvalue weighted by atomic mass is 16.8. The maximum absolute atomic E-state index is 6.97. The normalized spacial score (nSPS) is 21.7. The van der Waals surface area contributed by atoms with Crippen molar-refractivity contribution in [3.8, 4) is 0 Å². The lowest BCUT2D eigenvalue weighted by atomic mass is 9.84. The molecule has 0 radical (unpaired) electrons. The van der Waals surface area contributed by atoms with Crippen LogP contribution in [0.5, 0.6) is 0 Å². The van der Waals surface area contributed by atoms with Crippen molar-refractivity contribution < 1.29 is 18.0 Å². The Kier molecular flexibility index (Phi) is 9.66. The lowest BCUT2D eigenvalue weighted by molar-refractivity contribution is -0.380. The summed E-state index contributed by atoms with van der Waals surface area (Å²) in [6.45, 7) is 24.1. The van der Waals surface area contributed by atoms with E-state index in [1.807, 2.05) is 0 Å². The molecular weight excluding hydrogens is 627 g/mol. The molecule has 4 aromatic carbocycles. The number of rotatable bonds is 4. The van der Waals surface area contributed by atoms with E-state index in [1.165, 1.54) is 22.3 Å². The van der Waals surface area contributed by atoms with Gasteiger partial charge in [-0.3, -0.25) is 0 Å². The molecule has 51 heavy (non-hydrogen) atoms. The second-order valence-corrected chi connectivity index (χ2v) is 18.7. The van der Waals surface area contributed by atoms with E-state index >= 15 is 0 Å². The Morgan fingerprint density at radius 1 is 0.412 bits per heavy atom. The summed E-state index contributed by atoms with van der Waals surface area (Å²) >= 11 is 0. The zero-order chi connectivity index (χ0) is 37.0. The zero-order valence-corrected chi connectivity index (χ0v) is 33.0. The van der Waals surface area contributed by atoms with Gasteiger partial charge in [-0.05, 0) is 79.3 Å². The van der Waals surface area contributed by atoms with E-state index in [1.54, 1.807) is 0 Å². The van der Waals surface area contributed by atoms with Gasteiger partial charge in [0, 0.05) is 0 Å². The third-order valence-electron chi connectivity index (χ3n) is 10.4. The Bertz CT molecular complexity index is 1750. The van der Waals surface area contributed by atoms with Gasteiger partial charge in [-0.25, -0.2) is 0 Å². The van der Waals surface area contributed by atoms with Crippen LogP contribution in [0.2, 0.25) is 0 Å². The van der Waals surface area contributed by atoms with E-state index in [2.05, 4.69) is 180 Å². The molecule has 0 aromatic heterocycles. The summed E-state index contributed by atoms with van der Waals surface area (Å²) in [5.74, 6) is 1.61. The van der Waals surface area contributed by atoms with Crippen molar-refractivity contribution in [3.63, 3.8) is 0 Å². The highest BCUT2D eigenvalue weighted by molar-refractivity contribution is 6.51. The molecule has 4 aromatic rings. The van der Waals surface area contributed by atoms with Crippen LogP contribution in [0.3, 0.4) is 0 Å². The second-order valence-electron chi connectivity index (χ2n) is 18.7. The maximum atomic E-state index is 6.97. The van der Waals surface area contributed by atoms with Crippen LogP contribution in [0, 0.1) is 0 Å². The summed E-state index contributed by atoms with van der Waals surface area (Å²) < 4.78 is 27.8. The highest BCUT2D eigenvalue weighted by Gasteiger charge is 2.74. The molecule has 4 nitrogen and oxygen atoms in total. The van der Waals surface area contributed by atoms with Gasteiger partial charge in [0.25, 0.3) is 11.6 Å². The highest BCUT2D eigenvalue weighted by Crippen LogP contribution is 2.41. The van der Waals surface area contributed by atoms with E-state index in [-0.39, 0.29) is 33.9 Å². The van der Waals surface area contributed by atoms with Crippen molar-refractivity contribution in [2.45, 2.75) is 130 Å². The van der Waals surface area contributed by atoms with Gasteiger partial charge in [-0.2, -0.15) is 0 Å². The molecule has 0 N–H and O–H groups in total. The van der Waals surface area contributed by atoms with Crippen LogP contribution in [-0.2, 0) is 31.0 Å². The van der Waals surface area contributed by atoms with Crippen molar-refractivity contribution in [2.75, 3.05) is 0 Å². The first kappa shape index (κ1) is 37.0. The standard InChI is InChI=1S/C46H58BO4/c1-43(2,3)35-21-13-31(14-22-35)39-29-40(32-15-23-36(24-16-32)44(4,5)6)49-47(48-39)50-41(33-17-25-37(26-18-33)45(7,8)9)30-42(51-47)34-19-27-38(28-20-34)46(10,11)12/h13-28,39,41H,29-30H2,1-12H3/q+1. The number of benzene rings is 4. The Balaban J connectivity index is 1.49. The molecule has 0 saturated heterocycles. The number of hydrogen-bond donors (Lipinski definition) is 0. The summed E-state index contributed by atoms with van der Waals surface area (Å²) in [7, 11) is 0. The lowest BCUT2D eigenvalue weighted by Crippen LogP contribution is -2.50. The SMILES string of the molecule is CC(C)(C)c1ccc(C2=[O+][B-]3(OC(c4ccc(C(C)(C)C)cc4)C2)OC(c2ccc(C(C)(C)C)cc2)CC(c2ccc(C(C)(C)C)cc2)=[O+]3)cc1. The zero-order valence-electron chi connectivity index (χ0n) is 33.0. The number of ketones is 2. The number of hydrogen-bond acceptors (Lipinski definition) is 2. The maximum Gasteiger partial charge on any atom is 1.16 e. The molecule has 2 atom stereocenters. The molecule has 2 aliphatic rings. The van der Waals surface area contributed by atoms with Crippen LogP contribution in [0.4, 0.5) is 0 Å². The minimum atomic E-state index is -2.71. The molecule has 6 rings (SSSR count). The van der Waals surface area contributed by atoms with Crippen molar-refractivity contribution in [2.24, 2.45) is 0 Å². The molecule has 2 unspecified atom stereocenters. The molecule has 0 saturated carbocycles. The van der Waals surface area contributed by atoms with Crippen molar-refractivity contribution in [3.05, 3.63) is 142 Å². The van der Waals surface area contributed by atoms with Crippen molar-refractivity contribution in [1.82, 2.24) is 0 Å². The first-order chi connectivity index (χ1) is 23.7. The van der Waals surface area contributed by atoms with Crippen molar-refractivity contribution >= 4 is 18.5 Å². The van der Waals surface area contributed by atoms with Gasteiger partial charge in [0.1, 0.15) is 0 Å². The van der Waals surface area contributed by atoms with Crippen LogP contribution in [-0.4, -0.2) is 18.5 Å². The van der Waals surface area contributed by atoms with Crippen LogP contribution in [0.1, 0.15) is 161 Å². The lowest BCUT2D eigenvalue weighted by Gasteiger charge is -2.31. The number of carbonyl (C=O) groups excluding carboxylic acids is 2. The van der Waals surface area contributed by atoms with Crippen LogP contribution < -0.4 is 0 Å². The first-order valence-electron chi connectivity index (χ1n) is 18.7. The van der Waals surface area contributed by atoms with E-state index in [0.717, 1.165) is 33.8 Å². The van der Waals surface area contributed by atoms with Gasteiger partial charge in [-0.15, -0.1) is 0 Å². The topological polar surface area (TPSA) is 41.1 Å². The third kappa shape index (κ3) is 8.31. The Hall–Kier alpha value is -3.80. The van der Waals surface area contributed by atoms with Gasteiger partial charge in [-0.1, -0.05) is 156 Å². The molecule has 268 valence electrons. The largest absolute Gasteiger partial charge is 1.16 e. The Labute approximate surface area is 307 Å². The minimum absolute atomic E-state index is 0.0416. The fourth-order valence-corrected chi connectivity index (χ4v) is 6.92. The summed E-state index contributed by atoms with van der Waals surface area (Å²) in [4.78, 5) is 0. The van der Waals surface area contributed by atoms with E-state index in [4.69, 9.17) is 18.0 Å². The quantitative estimate of drug-likeness (QED) is 0.158. The Morgan fingerprint density at radius 3 is 0.922 bits per heavy atom.